The van der Waals surface area contributed by atoms with E-state index in [0.717, 1.165) is 19.3 Å². The fraction of sp³-hybridized carbons (Fsp3) is 0.462. The molecule has 1 aromatic rings. The van der Waals surface area contributed by atoms with Gasteiger partial charge in [-0.1, -0.05) is 19.1 Å². The van der Waals surface area contributed by atoms with E-state index in [-0.39, 0.29) is 0 Å². The molecule has 0 aromatic carbocycles. The number of hydrogen-bond donors (Lipinski definition) is 1. The summed E-state index contributed by atoms with van der Waals surface area (Å²) in [7, 11) is 1.99. The summed E-state index contributed by atoms with van der Waals surface area (Å²) in [5.74, 6) is 0. The van der Waals surface area contributed by atoms with Crippen LogP contribution in [0, 0.1) is 0 Å². The van der Waals surface area contributed by atoms with Gasteiger partial charge in [0, 0.05) is 12.2 Å². The molecule has 1 N–H and O–H groups in total. The van der Waals surface area contributed by atoms with Crippen LogP contribution in [0.25, 0.3) is 0 Å². The van der Waals surface area contributed by atoms with E-state index in [1.807, 2.05) is 25.4 Å². The first-order valence-corrected chi connectivity index (χ1v) is 5.55. The predicted molar refractivity (Wildman–Crippen MR) is 64.8 cm³/mol. The molecule has 0 saturated carbocycles. The van der Waals surface area contributed by atoms with Crippen LogP contribution in [0.1, 0.15) is 37.1 Å². The Morgan fingerprint density at radius 3 is 3.00 bits per heavy atom. The molecule has 0 spiro atoms. The van der Waals surface area contributed by atoms with Gasteiger partial charge in [0.25, 0.3) is 0 Å². The SMILES string of the molecule is C=CCCC(NC)c1ncccc1CC. The predicted octanol–water partition coefficient (Wildman–Crippen LogP) is 2.87. The number of aryl methyl sites for hydroxylation is 1. The van der Waals surface area contributed by atoms with Gasteiger partial charge in [-0.25, -0.2) is 0 Å². The maximum atomic E-state index is 4.48. The molecule has 2 nitrogen and oxygen atoms in total. The largest absolute Gasteiger partial charge is 0.312 e. The van der Waals surface area contributed by atoms with Crippen molar-refractivity contribution >= 4 is 0 Å². The molecule has 2 heteroatoms. The number of nitrogens with zero attached hydrogens (tertiary/aromatic N) is 1. The maximum absolute atomic E-state index is 4.48. The van der Waals surface area contributed by atoms with Crippen molar-refractivity contribution in [1.82, 2.24) is 10.3 Å². The number of nitrogens with one attached hydrogen (secondary N) is 1. The number of hydrogen-bond acceptors (Lipinski definition) is 2. The Hall–Kier alpha value is -1.15. The van der Waals surface area contributed by atoms with Crippen molar-refractivity contribution < 1.29 is 0 Å². The Morgan fingerprint density at radius 2 is 2.40 bits per heavy atom. The minimum Gasteiger partial charge on any atom is -0.312 e. The van der Waals surface area contributed by atoms with E-state index in [0.29, 0.717) is 6.04 Å². The average Bonchev–Trinajstić information content (AvgIpc) is 2.30. The summed E-state index contributed by atoms with van der Waals surface area (Å²) < 4.78 is 0. The van der Waals surface area contributed by atoms with Gasteiger partial charge < -0.3 is 5.32 Å². The van der Waals surface area contributed by atoms with Crippen molar-refractivity contribution in [3.05, 3.63) is 42.2 Å². The minimum atomic E-state index is 0.346. The highest BCUT2D eigenvalue weighted by Gasteiger charge is 2.12. The molecule has 0 bridgehead atoms. The topological polar surface area (TPSA) is 24.9 Å². The van der Waals surface area contributed by atoms with Crippen LogP contribution in [0.15, 0.2) is 31.0 Å². The van der Waals surface area contributed by atoms with Crippen LogP contribution in [-0.2, 0) is 6.42 Å². The molecule has 0 amide bonds. The van der Waals surface area contributed by atoms with Crippen molar-refractivity contribution in [2.45, 2.75) is 32.2 Å². The second-order valence-electron chi connectivity index (χ2n) is 3.61. The standard InChI is InChI=1S/C13H20N2/c1-4-6-9-12(14-3)13-11(5-2)8-7-10-15-13/h4,7-8,10,12,14H,1,5-6,9H2,2-3H3. The lowest BCUT2D eigenvalue weighted by Gasteiger charge is -2.17. The lowest BCUT2D eigenvalue weighted by Crippen LogP contribution is -2.19. The molecule has 0 radical (unpaired) electrons. The van der Waals surface area contributed by atoms with Crippen molar-refractivity contribution in [3.63, 3.8) is 0 Å². The van der Waals surface area contributed by atoms with Gasteiger partial charge in [-0.3, -0.25) is 4.98 Å². The zero-order chi connectivity index (χ0) is 11.1. The Bertz CT molecular complexity index is 307. The molecular formula is C13H20N2. The highest BCUT2D eigenvalue weighted by molar-refractivity contribution is 5.22. The van der Waals surface area contributed by atoms with E-state index in [1.54, 1.807) is 0 Å². The first-order valence-electron chi connectivity index (χ1n) is 5.55. The summed E-state index contributed by atoms with van der Waals surface area (Å²) in [6, 6.07) is 4.50. The lowest BCUT2D eigenvalue weighted by atomic mass is 10.0. The normalized spacial score (nSPS) is 12.4. The zero-order valence-corrected chi connectivity index (χ0v) is 9.66. The van der Waals surface area contributed by atoms with Crippen molar-refractivity contribution in [2.75, 3.05) is 7.05 Å². The van der Waals surface area contributed by atoms with Crippen LogP contribution in [0.4, 0.5) is 0 Å². The average molecular weight is 204 g/mol. The summed E-state index contributed by atoms with van der Waals surface area (Å²) in [6.07, 6.45) is 6.94. The Balaban J connectivity index is 2.84. The zero-order valence-electron chi connectivity index (χ0n) is 9.66. The van der Waals surface area contributed by atoms with Gasteiger partial charge >= 0.3 is 0 Å². The molecule has 0 aliphatic rings. The molecule has 0 aliphatic carbocycles. The van der Waals surface area contributed by atoms with Gasteiger partial charge in [-0.2, -0.15) is 0 Å². The molecule has 0 saturated heterocycles. The minimum absolute atomic E-state index is 0.346. The fourth-order valence-electron chi connectivity index (χ4n) is 1.77. The summed E-state index contributed by atoms with van der Waals surface area (Å²) in [5, 5.41) is 3.32. The molecule has 0 aliphatic heterocycles. The molecular weight excluding hydrogens is 184 g/mol. The fourth-order valence-corrected chi connectivity index (χ4v) is 1.77. The number of allylic oxidation sites excluding steroid dienone is 1. The highest BCUT2D eigenvalue weighted by atomic mass is 14.9. The van der Waals surface area contributed by atoms with E-state index >= 15 is 0 Å². The van der Waals surface area contributed by atoms with Gasteiger partial charge in [0.05, 0.1) is 5.69 Å². The van der Waals surface area contributed by atoms with Gasteiger partial charge in [0.1, 0.15) is 0 Å². The number of pyridine rings is 1. The Morgan fingerprint density at radius 1 is 1.60 bits per heavy atom. The summed E-state index contributed by atoms with van der Waals surface area (Å²) in [6.45, 7) is 5.92. The van der Waals surface area contributed by atoms with Crippen LogP contribution in [0.5, 0.6) is 0 Å². The van der Waals surface area contributed by atoms with Crippen molar-refractivity contribution in [1.29, 1.82) is 0 Å². The molecule has 1 rings (SSSR count). The number of aromatic nitrogens is 1. The first-order chi connectivity index (χ1) is 7.33. The monoisotopic (exact) mass is 204 g/mol. The second-order valence-corrected chi connectivity index (χ2v) is 3.61. The maximum Gasteiger partial charge on any atom is 0.0604 e. The van der Waals surface area contributed by atoms with Crippen molar-refractivity contribution in [2.24, 2.45) is 0 Å². The summed E-state index contributed by atoms with van der Waals surface area (Å²) in [4.78, 5) is 4.48. The molecule has 1 aromatic heterocycles. The van der Waals surface area contributed by atoms with Crippen LogP contribution < -0.4 is 5.32 Å². The second kappa shape index (κ2) is 6.36. The van der Waals surface area contributed by atoms with E-state index < -0.39 is 0 Å². The Labute approximate surface area is 92.4 Å². The third kappa shape index (κ3) is 3.17. The third-order valence-corrected chi connectivity index (χ3v) is 2.64. The molecule has 1 atom stereocenters. The van der Waals surface area contributed by atoms with Crippen molar-refractivity contribution in [3.8, 4) is 0 Å². The summed E-state index contributed by atoms with van der Waals surface area (Å²) >= 11 is 0. The van der Waals surface area contributed by atoms with Crippen LogP contribution in [0.3, 0.4) is 0 Å². The quantitative estimate of drug-likeness (QED) is 0.721. The first kappa shape index (κ1) is 11.9. The van der Waals surface area contributed by atoms with Crippen LogP contribution in [-0.4, -0.2) is 12.0 Å². The highest BCUT2D eigenvalue weighted by Crippen LogP contribution is 2.20. The molecule has 1 unspecified atom stereocenters. The van der Waals surface area contributed by atoms with E-state index in [4.69, 9.17) is 0 Å². The van der Waals surface area contributed by atoms with E-state index in [1.165, 1.54) is 11.3 Å². The third-order valence-electron chi connectivity index (χ3n) is 2.64. The van der Waals surface area contributed by atoms with Gasteiger partial charge in [0.15, 0.2) is 0 Å². The van der Waals surface area contributed by atoms with Crippen LogP contribution in [0.2, 0.25) is 0 Å². The van der Waals surface area contributed by atoms with E-state index in [2.05, 4.69) is 29.9 Å². The molecule has 0 fully saturated rings. The van der Waals surface area contributed by atoms with Gasteiger partial charge in [-0.15, -0.1) is 6.58 Å². The summed E-state index contributed by atoms with van der Waals surface area (Å²) in [5.41, 5.74) is 2.52. The van der Waals surface area contributed by atoms with Crippen LogP contribution >= 0.6 is 0 Å². The number of rotatable bonds is 6. The molecule has 15 heavy (non-hydrogen) atoms. The van der Waals surface area contributed by atoms with Gasteiger partial charge in [-0.05, 0) is 37.9 Å². The molecule has 1 heterocycles. The van der Waals surface area contributed by atoms with Gasteiger partial charge in [0.2, 0.25) is 0 Å². The lowest BCUT2D eigenvalue weighted by molar-refractivity contribution is 0.536. The molecule has 82 valence electrons. The Kier molecular flexibility index (Phi) is 5.05. The van der Waals surface area contributed by atoms with E-state index in [9.17, 15) is 0 Å². The smallest absolute Gasteiger partial charge is 0.0604 e.